The number of nitrogens with zero attached hydrogens (tertiary/aromatic N) is 3. The van der Waals surface area contributed by atoms with Crippen molar-refractivity contribution in [2.75, 3.05) is 7.11 Å². The fourth-order valence-electron chi connectivity index (χ4n) is 3.05. The average Bonchev–Trinajstić information content (AvgIpc) is 3.19. The minimum atomic E-state index is -4.04. The van der Waals surface area contributed by atoms with Crippen molar-refractivity contribution in [3.63, 3.8) is 0 Å². The van der Waals surface area contributed by atoms with Gasteiger partial charge in [0.1, 0.15) is 4.90 Å². The van der Waals surface area contributed by atoms with E-state index in [4.69, 9.17) is 8.92 Å². The number of aryl methyl sites for hydroxylation is 2. The Bertz CT molecular complexity index is 1390. The molecule has 166 valence electrons. The van der Waals surface area contributed by atoms with E-state index in [1.807, 2.05) is 50.2 Å². The zero-order valence-electron chi connectivity index (χ0n) is 18.3. The maximum atomic E-state index is 12.6. The lowest BCUT2D eigenvalue weighted by atomic mass is 10.2. The highest BCUT2D eigenvalue weighted by Crippen LogP contribution is 2.28. The zero-order chi connectivity index (χ0) is 23.4. The summed E-state index contributed by atoms with van der Waals surface area (Å²) >= 11 is 0. The van der Waals surface area contributed by atoms with Crippen molar-refractivity contribution >= 4 is 22.2 Å². The van der Waals surface area contributed by atoms with Crippen molar-refractivity contribution in [3.05, 3.63) is 95.7 Å². The van der Waals surface area contributed by atoms with Gasteiger partial charge in [-0.3, -0.25) is 0 Å². The lowest BCUT2D eigenvalue weighted by Gasteiger charge is -2.09. The lowest BCUT2D eigenvalue weighted by molar-refractivity contribution is 0.390. The molecule has 1 heterocycles. The van der Waals surface area contributed by atoms with Crippen LogP contribution in [0.5, 0.6) is 11.5 Å². The molecule has 3 aromatic carbocycles. The second kappa shape index (κ2) is 9.18. The van der Waals surface area contributed by atoms with E-state index in [9.17, 15) is 8.42 Å². The van der Waals surface area contributed by atoms with E-state index in [1.165, 1.54) is 19.2 Å². The van der Waals surface area contributed by atoms with E-state index in [1.54, 1.807) is 29.1 Å². The van der Waals surface area contributed by atoms with E-state index in [0.717, 1.165) is 16.9 Å². The first kappa shape index (κ1) is 22.1. The molecule has 0 fully saturated rings. The third-order valence-corrected chi connectivity index (χ3v) is 5.94. The summed E-state index contributed by atoms with van der Waals surface area (Å²) in [5, 5.41) is 4.49. The van der Waals surface area contributed by atoms with Crippen LogP contribution in [0, 0.1) is 26.0 Å². The number of aromatic nitrogens is 2. The average molecular weight is 460 g/mol. The molecule has 4 aromatic rings. The monoisotopic (exact) mass is 459 g/mol. The second-order valence-corrected chi connectivity index (χ2v) is 8.79. The largest absolute Gasteiger partial charge is 0.492 e. The summed E-state index contributed by atoms with van der Waals surface area (Å²) in [5.74, 6) is 0.743. The van der Waals surface area contributed by atoms with Crippen molar-refractivity contribution in [3.8, 4) is 17.2 Å². The Morgan fingerprint density at radius 1 is 1.00 bits per heavy atom. The van der Waals surface area contributed by atoms with Crippen LogP contribution in [0.2, 0.25) is 0 Å². The SMILES string of the molecule is COc1cc(C=Nc2cc(C)nn2-c2ccccc2)c#cc1OS(=O)(=O)c1ccc(C)cc1. The molecule has 0 amide bonds. The molecule has 0 aliphatic carbocycles. The Kier molecular flexibility index (Phi) is 6.16. The molecule has 0 saturated heterocycles. The van der Waals surface area contributed by atoms with E-state index in [0.29, 0.717) is 11.4 Å². The summed E-state index contributed by atoms with van der Waals surface area (Å²) in [4.78, 5) is 4.56. The molecular weight excluding hydrogens is 438 g/mol. The van der Waals surface area contributed by atoms with Gasteiger partial charge in [-0.25, -0.2) is 9.67 Å². The Balaban J connectivity index is 1.59. The number of hydrogen-bond acceptors (Lipinski definition) is 6. The third-order valence-electron chi connectivity index (χ3n) is 4.70. The van der Waals surface area contributed by atoms with Crippen LogP contribution in [0.3, 0.4) is 0 Å². The predicted molar refractivity (Wildman–Crippen MR) is 125 cm³/mol. The van der Waals surface area contributed by atoms with E-state index in [2.05, 4.69) is 22.2 Å². The summed E-state index contributed by atoms with van der Waals surface area (Å²) in [6, 6.07) is 25.0. The van der Waals surface area contributed by atoms with Gasteiger partial charge in [0.25, 0.3) is 0 Å². The Labute approximate surface area is 193 Å². The standard InChI is InChI=1S/C25H21N3O4S/c1-18-9-12-22(13-10-18)33(29,30)32-23-14-11-20(16-24(23)31-3)17-26-25-15-19(2)27-28(25)21-7-5-4-6-8-21/h4-10,12-13,15-17H,1-3H3. The first-order valence-corrected chi connectivity index (χ1v) is 11.5. The molecule has 4 rings (SSSR count). The van der Waals surface area contributed by atoms with Crippen LogP contribution in [0.25, 0.3) is 5.69 Å². The number of benzene rings is 2. The van der Waals surface area contributed by atoms with Crippen molar-refractivity contribution in [1.29, 1.82) is 0 Å². The van der Waals surface area contributed by atoms with Crippen molar-refractivity contribution in [1.82, 2.24) is 9.78 Å². The highest BCUT2D eigenvalue weighted by atomic mass is 32.2. The van der Waals surface area contributed by atoms with Gasteiger partial charge in [-0.2, -0.15) is 13.5 Å². The van der Waals surface area contributed by atoms with Crippen LogP contribution in [0.1, 0.15) is 16.8 Å². The van der Waals surface area contributed by atoms with Gasteiger partial charge < -0.3 is 8.92 Å². The van der Waals surface area contributed by atoms with Gasteiger partial charge in [-0.05, 0) is 44.2 Å². The third kappa shape index (κ3) is 5.05. The van der Waals surface area contributed by atoms with Crippen LogP contribution in [-0.2, 0) is 10.1 Å². The van der Waals surface area contributed by atoms with Crippen LogP contribution in [-0.4, -0.2) is 31.5 Å². The molecule has 8 heteroatoms. The number of para-hydroxylation sites is 1. The summed E-state index contributed by atoms with van der Waals surface area (Å²) in [5.41, 5.74) is 3.18. The van der Waals surface area contributed by atoms with E-state index in [-0.39, 0.29) is 16.4 Å². The first-order chi connectivity index (χ1) is 15.9. The highest BCUT2D eigenvalue weighted by molar-refractivity contribution is 7.87. The number of methoxy groups -OCH3 is 1. The quantitative estimate of drug-likeness (QED) is 0.298. The number of rotatable bonds is 7. The van der Waals surface area contributed by atoms with Gasteiger partial charge in [0, 0.05) is 23.9 Å². The summed E-state index contributed by atoms with van der Waals surface area (Å²) < 4.78 is 37.5. The Hall–Kier alpha value is -4.09. The molecule has 0 aliphatic rings. The normalized spacial score (nSPS) is 11.4. The molecule has 0 N–H and O–H groups in total. The second-order valence-electron chi connectivity index (χ2n) is 7.25. The van der Waals surface area contributed by atoms with Crippen LogP contribution < -0.4 is 8.92 Å². The topological polar surface area (TPSA) is 82.8 Å². The smallest absolute Gasteiger partial charge is 0.339 e. The van der Waals surface area contributed by atoms with Crippen LogP contribution in [0.15, 0.2) is 76.6 Å². The molecule has 0 aliphatic heterocycles. The van der Waals surface area contributed by atoms with Gasteiger partial charge in [-0.15, -0.1) is 0 Å². The van der Waals surface area contributed by atoms with Crippen molar-refractivity contribution < 1.29 is 17.3 Å². The lowest BCUT2D eigenvalue weighted by Crippen LogP contribution is -2.10. The number of hydrogen-bond donors (Lipinski definition) is 0. The fraction of sp³-hybridized carbons (Fsp3) is 0.120. The number of aliphatic imine (C=N–C) groups is 1. The maximum Gasteiger partial charge on any atom is 0.339 e. The minimum Gasteiger partial charge on any atom is -0.492 e. The van der Waals surface area contributed by atoms with Crippen molar-refractivity contribution in [2.24, 2.45) is 4.99 Å². The Morgan fingerprint density at radius 3 is 2.42 bits per heavy atom. The molecule has 7 nitrogen and oxygen atoms in total. The summed E-state index contributed by atoms with van der Waals surface area (Å²) in [7, 11) is -2.62. The molecule has 0 radical (unpaired) electrons. The van der Waals surface area contributed by atoms with Crippen LogP contribution in [0.4, 0.5) is 5.82 Å². The molecule has 0 bridgehead atoms. The summed E-state index contributed by atoms with van der Waals surface area (Å²) in [6.45, 7) is 3.76. The maximum absolute atomic E-state index is 12.6. The van der Waals surface area contributed by atoms with E-state index >= 15 is 0 Å². The molecule has 0 atom stereocenters. The van der Waals surface area contributed by atoms with E-state index < -0.39 is 10.1 Å². The molecule has 1 aromatic heterocycles. The predicted octanol–water partition coefficient (Wildman–Crippen LogP) is 4.62. The molecule has 0 saturated carbocycles. The Morgan fingerprint density at radius 2 is 1.73 bits per heavy atom. The van der Waals surface area contributed by atoms with Gasteiger partial charge in [0.05, 0.1) is 18.5 Å². The number of ether oxygens (including phenoxy) is 1. The zero-order valence-corrected chi connectivity index (χ0v) is 19.1. The molecule has 33 heavy (non-hydrogen) atoms. The molecule has 0 unspecified atom stereocenters. The first-order valence-electron chi connectivity index (χ1n) is 10.0. The molecular formula is C25H21N3O4S. The van der Waals surface area contributed by atoms with Gasteiger partial charge in [-0.1, -0.05) is 42.0 Å². The van der Waals surface area contributed by atoms with Gasteiger partial charge >= 0.3 is 10.1 Å². The van der Waals surface area contributed by atoms with Gasteiger partial charge in [0.2, 0.25) is 5.75 Å². The van der Waals surface area contributed by atoms with Crippen molar-refractivity contribution in [2.45, 2.75) is 18.7 Å². The highest BCUT2D eigenvalue weighted by Gasteiger charge is 2.19. The fourth-order valence-corrected chi connectivity index (χ4v) is 3.96. The minimum absolute atomic E-state index is 0.0405. The summed E-state index contributed by atoms with van der Waals surface area (Å²) in [6.07, 6.45) is 1.58. The van der Waals surface area contributed by atoms with Crippen LogP contribution >= 0.6 is 0 Å². The molecule has 0 spiro atoms. The van der Waals surface area contributed by atoms with Gasteiger partial charge in [0.15, 0.2) is 11.6 Å².